The lowest BCUT2D eigenvalue weighted by Crippen LogP contribution is -2.34. The summed E-state index contributed by atoms with van der Waals surface area (Å²) in [6.07, 6.45) is 1.40. The fourth-order valence-corrected chi connectivity index (χ4v) is 2.66. The van der Waals surface area contributed by atoms with E-state index in [0.717, 1.165) is 17.9 Å². The van der Waals surface area contributed by atoms with E-state index >= 15 is 0 Å². The number of benzene rings is 1. The Balaban J connectivity index is 1.92. The van der Waals surface area contributed by atoms with Crippen LogP contribution in [0.25, 0.3) is 0 Å². The predicted octanol–water partition coefficient (Wildman–Crippen LogP) is 1.76. The Kier molecular flexibility index (Phi) is 1.30. The molecule has 1 nitrogen and oxygen atoms in total. The van der Waals surface area contributed by atoms with Gasteiger partial charge in [0, 0.05) is 12.0 Å². The van der Waals surface area contributed by atoms with Crippen LogP contribution < -0.4 is 5.32 Å². The Morgan fingerprint density at radius 1 is 1.17 bits per heavy atom. The molecule has 62 valence electrons. The Morgan fingerprint density at radius 3 is 2.58 bits per heavy atom. The summed E-state index contributed by atoms with van der Waals surface area (Å²) in [5.41, 5.74) is 1.53. The van der Waals surface area contributed by atoms with Crippen molar-refractivity contribution in [3.63, 3.8) is 0 Å². The fraction of sp³-hybridized carbons (Fsp3) is 0.455. The molecule has 0 radical (unpaired) electrons. The van der Waals surface area contributed by atoms with Crippen LogP contribution in [-0.2, 0) is 0 Å². The van der Waals surface area contributed by atoms with Crippen LogP contribution in [0.4, 0.5) is 0 Å². The van der Waals surface area contributed by atoms with E-state index in [4.69, 9.17) is 0 Å². The zero-order chi connectivity index (χ0) is 7.97. The molecule has 2 bridgehead atoms. The van der Waals surface area contributed by atoms with Crippen LogP contribution in [0.5, 0.6) is 0 Å². The van der Waals surface area contributed by atoms with Gasteiger partial charge in [-0.2, -0.15) is 0 Å². The van der Waals surface area contributed by atoms with Crippen molar-refractivity contribution in [2.24, 2.45) is 5.92 Å². The zero-order valence-electron chi connectivity index (χ0n) is 7.03. The number of hydrogen-bond donors (Lipinski definition) is 1. The fourth-order valence-electron chi connectivity index (χ4n) is 2.66. The summed E-state index contributed by atoms with van der Waals surface area (Å²) in [6.45, 7) is 1.24. The van der Waals surface area contributed by atoms with Crippen LogP contribution >= 0.6 is 0 Å². The van der Waals surface area contributed by atoms with Crippen LogP contribution in [0.2, 0.25) is 0 Å². The Hall–Kier alpha value is -0.820. The average molecular weight is 159 g/mol. The molecule has 1 aromatic carbocycles. The Labute approximate surface area is 72.8 Å². The molecule has 2 saturated heterocycles. The molecule has 1 aliphatic carbocycles. The molecule has 1 aromatic rings. The summed E-state index contributed by atoms with van der Waals surface area (Å²) in [6, 6.07) is 11.7. The molecular formula is C11H13N. The van der Waals surface area contributed by atoms with E-state index in [-0.39, 0.29) is 0 Å². The van der Waals surface area contributed by atoms with Crippen LogP contribution in [0.1, 0.15) is 17.9 Å². The molecule has 3 aliphatic rings. The summed E-state index contributed by atoms with van der Waals surface area (Å²) < 4.78 is 0. The van der Waals surface area contributed by atoms with Gasteiger partial charge in [-0.05, 0) is 24.4 Å². The largest absolute Gasteiger partial charge is 0.313 e. The molecule has 4 rings (SSSR count). The lowest BCUT2D eigenvalue weighted by atomic mass is 9.70. The molecule has 0 spiro atoms. The molecule has 1 unspecified atom stereocenters. The lowest BCUT2D eigenvalue weighted by Gasteiger charge is -2.34. The van der Waals surface area contributed by atoms with E-state index in [0.29, 0.717) is 0 Å². The van der Waals surface area contributed by atoms with Crippen molar-refractivity contribution in [3.8, 4) is 0 Å². The first-order valence-corrected chi connectivity index (χ1v) is 4.73. The van der Waals surface area contributed by atoms with Crippen molar-refractivity contribution >= 4 is 0 Å². The quantitative estimate of drug-likeness (QED) is 0.658. The van der Waals surface area contributed by atoms with Gasteiger partial charge < -0.3 is 5.32 Å². The third kappa shape index (κ3) is 0.774. The first-order chi connectivity index (χ1) is 5.95. The van der Waals surface area contributed by atoms with Gasteiger partial charge in [0.25, 0.3) is 0 Å². The van der Waals surface area contributed by atoms with Gasteiger partial charge in [0.15, 0.2) is 0 Å². The monoisotopic (exact) mass is 159 g/mol. The highest BCUT2D eigenvalue weighted by Crippen LogP contribution is 2.46. The van der Waals surface area contributed by atoms with Crippen LogP contribution in [0.3, 0.4) is 0 Å². The zero-order valence-corrected chi connectivity index (χ0v) is 7.03. The molecule has 3 atom stereocenters. The van der Waals surface area contributed by atoms with Crippen LogP contribution in [0, 0.1) is 5.92 Å². The van der Waals surface area contributed by atoms with E-state index in [1.54, 1.807) is 0 Å². The van der Waals surface area contributed by atoms with Gasteiger partial charge in [-0.1, -0.05) is 30.3 Å². The summed E-state index contributed by atoms with van der Waals surface area (Å²) in [5, 5.41) is 3.54. The van der Waals surface area contributed by atoms with Gasteiger partial charge >= 0.3 is 0 Å². The molecule has 0 aromatic heterocycles. The highest BCUT2D eigenvalue weighted by Gasteiger charge is 2.46. The maximum absolute atomic E-state index is 3.54. The van der Waals surface area contributed by atoms with Crippen LogP contribution in [0.15, 0.2) is 30.3 Å². The molecule has 1 saturated carbocycles. The maximum Gasteiger partial charge on any atom is 0.0142 e. The van der Waals surface area contributed by atoms with Gasteiger partial charge in [-0.15, -0.1) is 0 Å². The second kappa shape index (κ2) is 2.33. The topological polar surface area (TPSA) is 12.0 Å². The molecule has 1 heteroatoms. The first kappa shape index (κ1) is 6.67. The molecular weight excluding hydrogens is 146 g/mol. The van der Waals surface area contributed by atoms with E-state index in [1.165, 1.54) is 18.5 Å². The number of fused-ring (bicyclic) bond motifs is 1. The van der Waals surface area contributed by atoms with Gasteiger partial charge in [-0.3, -0.25) is 0 Å². The normalized spacial score (nSPS) is 37.8. The number of rotatable bonds is 1. The SMILES string of the molecule is c1ccc(C2[C@H]3CN[C@@H]2C3)cc1. The van der Waals surface area contributed by atoms with Crippen molar-refractivity contribution in [3.05, 3.63) is 35.9 Å². The van der Waals surface area contributed by atoms with Gasteiger partial charge in [-0.25, -0.2) is 0 Å². The highest BCUT2D eigenvalue weighted by molar-refractivity contribution is 5.28. The summed E-state index contributed by atoms with van der Waals surface area (Å²) in [4.78, 5) is 0. The second-order valence-corrected chi connectivity index (χ2v) is 3.95. The average Bonchev–Trinajstić information content (AvgIpc) is 2.66. The minimum atomic E-state index is 0.789. The molecule has 3 fully saturated rings. The number of nitrogens with one attached hydrogen (secondary N) is 1. The predicted molar refractivity (Wildman–Crippen MR) is 49.1 cm³/mol. The minimum absolute atomic E-state index is 0.789. The molecule has 0 amide bonds. The van der Waals surface area contributed by atoms with E-state index in [9.17, 15) is 0 Å². The van der Waals surface area contributed by atoms with E-state index in [2.05, 4.69) is 35.6 Å². The van der Waals surface area contributed by atoms with Crippen molar-refractivity contribution in [2.75, 3.05) is 6.54 Å². The molecule has 2 aliphatic heterocycles. The second-order valence-electron chi connectivity index (χ2n) is 3.95. The summed E-state index contributed by atoms with van der Waals surface area (Å²) >= 11 is 0. The van der Waals surface area contributed by atoms with Crippen LogP contribution in [-0.4, -0.2) is 12.6 Å². The van der Waals surface area contributed by atoms with Crippen molar-refractivity contribution < 1.29 is 0 Å². The van der Waals surface area contributed by atoms with Gasteiger partial charge in [0.1, 0.15) is 0 Å². The Bertz CT molecular complexity index is 266. The Morgan fingerprint density at radius 2 is 2.00 bits per heavy atom. The van der Waals surface area contributed by atoms with Gasteiger partial charge in [0.05, 0.1) is 0 Å². The molecule has 2 heterocycles. The van der Waals surface area contributed by atoms with E-state index in [1.807, 2.05) is 0 Å². The summed E-state index contributed by atoms with van der Waals surface area (Å²) in [5.74, 6) is 1.75. The smallest absolute Gasteiger partial charge is 0.0142 e. The van der Waals surface area contributed by atoms with Crippen molar-refractivity contribution in [1.29, 1.82) is 0 Å². The minimum Gasteiger partial charge on any atom is -0.313 e. The standard InChI is InChI=1S/C11H13N/c1-2-4-8(5-3-1)11-9-6-10(11)12-7-9/h1-5,9-12H,6-7H2/t9-,10-,11?/m1/s1. The van der Waals surface area contributed by atoms with Crippen molar-refractivity contribution in [2.45, 2.75) is 18.4 Å². The summed E-state index contributed by atoms with van der Waals surface area (Å²) in [7, 11) is 0. The van der Waals surface area contributed by atoms with Gasteiger partial charge in [0.2, 0.25) is 0 Å². The van der Waals surface area contributed by atoms with E-state index < -0.39 is 0 Å². The third-order valence-corrected chi connectivity index (χ3v) is 3.32. The third-order valence-electron chi connectivity index (χ3n) is 3.32. The lowest BCUT2D eigenvalue weighted by molar-refractivity contribution is 0.303. The maximum atomic E-state index is 3.54. The first-order valence-electron chi connectivity index (χ1n) is 4.73. The highest BCUT2D eigenvalue weighted by atomic mass is 15.0. The molecule has 12 heavy (non-hydrogen) atoms. The van der Waals surface area contributed by atoms with Crippen molar-refractivity contribution in [1.82, 2.24) is 5.32 Å². The molecule has 1 N–H and O–H groups in total. The number of hydrogen-bond acceptors (Lipinski definition) is 1.